The average Bonchev–Trinajstić information content (AvgIpc) is 2.97. The first-order valence-electron chi connectivity index (χ1n) is 6.66. The van der Waals surface area contributed by atoms with Gasteiger partial charge in [0.05, 0.1) is 23.1 Å². The summed E-state index contributed by atoms with van der Waals surface area (Å²) in [7, 11) is 1.33. The molecule has 0 atom stereocenters. The number of hydrogen-bond acceptors (Lipinski definition) is 5. The Morgan fingerprint density at radius 3 is 2.83 bits per heavy atom. The number of benzene rings is 2. The number of carbonyl (C=O) groups excluding carboxylic acids is 1. The van der Waals surface area contributed by atoms with Crippen LogP contribution in [0.1, 0.15) is 10.4 Å². The van der Waals surface area contributed by atoms with Gasteiger partial charge in [0.25, 0.3) is 5.91 Å². The van der Waals surface area contributed by atoms with E-state index in [-0.39, 0.29) is 17.0 Å². The van der Waals surface area contributed by atoms with Gasteiger partial charge in [-0.25, -0.2) is 9.66 Å². The quantitative estimate of drug-likeness (QED) is 0.589. The van der Waals surface area contributed by atoms with Gasteiger partial charge in [0.2, 0.25) is 0 Å². The summed E-state index contributed by atoms with van der Waals surface area (Å²) in [4.78, 5) is 26.9. The SMILES string of the molecule is COc1ccc(C(=O)Nn2cnc3ccccc32)cc1[N+](=O)[O-]. The highest BCUT2D eigenvalue weighted by Crippen LogP contribution is 2.27. The molecule has 0 aliphatic heterocycles. The summed E-state index contributed by atoms with van der Waals surface area (Å²) in [5, 5.41) is 11.0. The average molecular weight is 312 g/mol. The first kappa shape index (κ1) is 14.5. The van der Waals surface area contributed by atoms with Crippen LogP contribution in [0.15, 0.2) is 48.8 Å². The zero-order valence-electron chi connectivity index (χ0n) is 12.1. The number of nitro groups is 1. The number of nitrogens with one attached hydrogen (secondary N) is 1. The Bertz CT molecular complexity index is 903. The van der Waals surface area contributed by atoms with Gasteiger partial charge in [-0.05, 0) is 24.3 Å². The number of rotatable bonds is 4. The maximum atomic E-state index is 12.3. The van der Waals surface area contributed by atoms with Gasteiger partial charge in [-0.1, -0.05) is 12.1 Å². The van der Waals surface area contributed by atoms with Crippen LogP contribution in [0.5, 0.6) is 5.75 Å². The molecule has 0 unspecified atom stereocenters. The molecule has 23 heavy (non-hydrogen) atoms. The van der Waals surface area contributed by atoms with E-state index in [1.807, 2.05) is 18.2 Å². The number of fused-ring (bicyclic) bond motifs is 1. The topological polar surface area (TPSA) is 99.3 Å². The van der Waals surface area contributed by atoms with Crippen LogP contribution in [-0.2, 0) is 0 Å². The summed E-state index contributed by atoms with van der Waals surface area (Å²) in [6, 6.07) is 11.3. The summed E-state index contributed by atoms with van der Waals surface area (Å²) in [5.74, 6) is -0.390. The van der Waals surface area contributed by atoms with Gasteiger partial charge < -0.3 is 4.74 Å². The fourth-order valence-electron chi connectivity index (χ4n) is 2.20. The largest absolute Gasteiger partial charge is 0.490 e. The number of amides is 1. The molecule has 3 rings (SSSR count). The van der Waals surface area contributed by atoms with Crippen molar-refractivity contribution in [2.75, 3.05) is 12.5 Å². The Morgan fingerprint density at radius 2 is 2.09 bits per heavy atom. The number of nitrogens with zero attached hydrogens (tertiary/aromatic N) is 3. The van der Waals surface area contributed by atoms with Crippen LogP contribution < -0.4 is 10.2 Å². The van der Waals surface area contributed by atoms with Gasteiger partial charge in [0, 0.05) is 11.6 Å². The molecule has 1 heterocycles. The molecule has 0 aliphatic carbocycles. The molecule has 1 aromatic heterocycles. The monoisotopic (exact) mass is 312 g/mol. The van der Waals surface area contributed by atoms with E-state index in [4.69, 9.17) is 4.74 Å². The zero-order valence-corrected chi connectivity index (χ0v) is 12.1. The number of methoxy groups -OCH3 is 1. The van der Waals surface area contributed by atoms with Crippen molar-refractivity contribution < 1.29 is 14.5 Å². The van der Waals surface area contributed by atoms with E-state index in [1.165, 1.54) is 36.3 Å². The van der Waals surface area contributed by atoms with Crippen molar-refractivity contribution >= 4 is 22.6 Å². The van der Waals surface area contributed by atoms with Crippen molar-refractivity contribution in [2.45, 2.75) is 0 Å². The van der Waals surface area contributed by atoms with E-state index in [0.29, 0.717) is 0 Å². The predicted octanol–water partition coefficient (Wildman–Crippen LogP) is 2.34. The molecule has 0 spiro atoms. The van der Waals surface area contributed by atoms with Crippen LogP contribution in [0, 0.1) is 10.1 Å². The van der Waals surface area contributed by atoms with E-state index in [1.54, 1.807) is 6.07 Å². The van der Waals surface area contributed by atoms with Crippen molar-refractivity contribution in [1.82, 2.24) is 9.66 Å². The molecule has 0 saturated heterocycles. The molecule has 0 aliphatic rings. The van der Waals surface area contributed by atoms with Gasteiger partial charge >= 0.3 is 5.69 Å². The first-order chi connectivity index (χ1) is 11.1. The van der Waals surface area contributed by atoms with Crippen molar-refractivity contribution in [3.05, 3.63) is 64.5 Å². The highest BCUT2D eigenvalue weighted by atomic mass is 16.6. The van der Waals surface area contributed by atoms with Crippen molar-refractivity contribution in [3.63, 3.8) is 0 Å². The van der Waals surface area contributed by atoms with Crippen LogP contribution in [0.2, 0.25) is 0 Å². The molecule has 8 nitrogen and oxygen atoms in total. The first-order valence-corrected chi connectivity index (χ1v) is 6.66. The second-order valence-electron chi connectivity index (χ2n) is 4.69. The van der Waals surface area contributed by atoms with Gasteiger partial charge in [0.15, 0.2) is 5.75 Å². The molecular formula is C15H12N4O4. The third-order valence-electron chi connectivity index (χ3n) is 3.31. The summed E-state index contributed by atoms with van der Waals surface area (Å²) in [5.41, 5.74) is 3.97. The third-order valence-corrected chi connectivity index (χ3v) is 3.31. The normalized spacial score (nSPS) is 10.5. The standard InChI is InChI=1S/C15H12N4O4/c1-23-14-7-6-10(8-13(14)19(21)22)15(20)17-18-9-16-11-4-2-3-5-12(11)18/h2-9H,1H3,(H,17,20). The van der Waals surface area contributed by atoms with E-state index >= 15 is 0 Å². The Labute approximate surface area is 130 Å². The van der Waals surface area contributed by atoms with Gasteiger partial charge in [0.1, 0.15) is 6.33 Å². The number of carbonyl (C=O) groups is 1. The number of nitro benzene ring substituents is 1. The summed E-state index contributed by atoms with van der Waals surface area (Å²) in [6.07, 6.45) is 1.47. The number of para-hydroxylation sites is 2. The second-order valence-corrected chi connectivity index (χ2v) is 4.69. The molecule has 0 radical (unpaired) electrons. The minimum absolute atomic E-state index is 0.0969. The lowest BCUT2D eigenvalue weighted by molar-refractivity contribution is -0.385. The maximum Gasteiger partial charge on any atom is 0.311 e. The van der Waals surface area contributed by atoms with Crippen molar-refractivity contribution in [1.29, 1.82) is 0 Å². The predicted molar refractivity (Wildman–Crippen MR) is 83.1 cm³/mol. The van der Waals surface area contributed by atoms with Gasteiger partial charge in [-0.2, -0.15) is 0 Å². The third kappa shape index (κ3) is 2.69. The Hall–Kier alpha value is -3.42. The smallest absolute Gasteiger partial charge is 0.311 e. The van der Waals surface area contributed by atoms with E-state index in [0.717, 1.165) is 11.0 Å². The van der Waals surface area contributed by atoms with E-state index in [2.05, 4.69) is 10.4 Å². The Morgan fingerprint density at radius 1 is 1.30 bits per heavy atom. The molecule has 2 aromatic carbocycles. The lowest BCUT2D eigenvalue weighted by atomic mass is 10.2. The molecule has 3 aromatic rings. The number of imidazole rings is 1. The lowest BCUT2D eigenvalue weighted by Gasteiger charge is -2.08. The van der Waals surface area contributed by atoms with Crippen LogP contribution in [0.3, 0.4) is 0 Å². The van der Waals surface area contributed by atoms with Gasteiger partial charge in [-0.3, -0.25) is 20.3 Å². The minimum atomic E-state index is -0.595. The molecule has 116 valence electrons. The maximum absolute atomic E-state index is 12.3. The molecule has 0 saturated carbocycles. The number of aromatic nitrogens is 2. The molecule has 1 amide bonds. The van der Waals surface area contributed by atoms with Gasteiger partial charge in [-0.15, -0.1) is 0 Å². The summed E-state index contributed by atoms with van der Waals surface area (Å²) in [6.45, 7) is 0. The van der Waals surface area contributed by atoms with Crippen LogP contribution in [0.4, 0.5) is 5.69 Å². The van der Waals surface area contributed by atoms with E-state index < -0.39 is 10.8 Å². The zero-order chi connectivity index (χ0) is 16.4. The number of hydrogen-bond donors (Lipinski definition) is 1. The number of ether oxygens (including phenoxy) is 1. The second kappa shape index (κ2) is 5.76. The Balaban J connectivity index is 1.91. The van der Waals surface area contributed by atoms with Crippen LogP contribution in [-0.4, -0.2) is 27.6 Å². The Kier molecular flexibility index (Phi) is 3.63. The van der Waals surface area contributed by atoms with Crippen molar-refractivity contribution in [2.24, 2.45) is 0 Å². The van der Waals surface area contributed by atoms with Crippen LogP contribution in [0.25, 0.3) is 11.0 Å². The molecule has 0 fully saturated rings. The lowest BCUT2D eigenvalue weighted by Crippen LogP contribution is -2.22. The molecule has 8 heteroatoms. The molecule has 0 bridgehead atoms. The van der Waals surface area contributed by atoms with Crippen molar-refractivity contribution in [3.8, 4) is 5.75 Å². The fourth-order valence-corrected chi connectivity index (χ4v) is 2.20. The fraction of sp³-hybridized carbons (Fsp3) is 0.0667. The highest BCUT2D eigenvalue weighted by Gasteiger charge is 2.18. The minimum Gasteiger partial charge on any atom is -0.490 e. The van der Waals surface area contributed by atoms with Crippen LogP contribution >= 0.6 is 0 Å². The van der Waals surface area contributed by atoms with E-state index in [9.17, 15) is 14.9 Å². The summed E-state index contributed by atoms with van der Waals surface area (Å²) < 4.78 is 6.38. The summed E-state index contributed by atoms with van der Waals surface area (Å²) >= 11 is 0. The molecular weight excluding hydrogens is 300 g/mol. The highest BCUT2D eigenvalue weighted by molar-refractivity contribution is 6.01. The molecule has 1 N–H and O–H groups in total.